The summed E-state index contributed by atoms with van der Waals surface area (Å²) in [6.07, 6.45) is 0. The molecule has 1 heterocycles. The third-order valence-corrected chi connectivity index (χ3v) is 0.940. The van der Waals surface area contributed by atoms with Gasteiger partial charge in [0.2, 0.25) is 0 Å². The van der Waals surface area contributed by atoms with Crippen molar-refractivity contribution >= 4 is 6.91 Å². The maximum absolute atomic E-state index is 2.08. The second kappa shape index (κ2) is 3.95. The van der Waals surface area contributed by atoms with Crippen LogP contribution in [-0.2, 0) is 0 Å². The van der Waals surface area contributed by atoms with E-state index >= 15 is 0 Å². The van der Waals surface area contributed by atoms with Gasteiger partial charge in [0, 0.05) is 0 Å². The Morgan fingerprint density at radius 3 is 2.50 bits per heavy atom. The van der Waals surface area contributed by atoms with Crippen LogP contribution in [0.3, 0.4) is 0 Å². The molecule has 0 unspecified atom stereocenters. The zero-order chi connectivity index (χ0) is 5.11. The van der Waals surface area contributed by atoms with Crippen LogP contribution in [0, 0.1) is 6.92 Å². The van der Waals surface area contributed by atoms with Gasteiger partial charge in [-0.05, 0) is 0 Å². The van der Waals surface area contributed by atoms with E-state index in [1.165, 1.54) is 5.46 Å². The zero-order valence-corrected chi connectivity index (χ0v) is 5.39. The van der Waals surface area contributed by atoms with Gasteiger partial charge in [-0.3, -0.25) is 0 Å². The van der Waals surface area contributed by atoms with Gasteiger partial charge >= 0.3 is 62.3 Å². The van der Waals surface area contributed by atoms with Crippen molar-refractivity contribution in [3.05, 3.63) is 29.6 Å². The molecule has 2 heteroatoms. The topological polar surface area (TPSA) is 0 Å². The molecule has 0 aliphatic carbocycles. The van der Waals surface area contributed by atoms with Crippen molar-refractivity contribution in [2.75, 3.05) is 0 Å². The summed E-state index contributed by atoms with van der Waals surface area (Å²) >= 11 is 0. The van der Waals surface area contributed by atoms with Crippen LogP contribution in [0.2, 0.25) is 0 Å². The second-order valence-corrected chi connectivity index (χ2v) is 1.65. The van der Waals surface area contributed by atoms with Gasteiger partial charge in [0.15, 0.2) is 0 Å². The predicted octanol–water partition coefficient (Wildman–Crippen LogP) is -1.55. The molecule has 0 atom stereocenters. The van der Waals surface area contributed by atoms with Gasteiger partial charge in [-0.1, -0.05) is 0 Å². The minimum absolute atomic E-state index is 0. The van der Waals surface area contributed by atoms with Gasteiger partial charge in [-0.2, -0.15) is 0 Å². The van der Waals surface area contributed by atoms with Crippen molar-refractivity contribution in [3.8, 4) is 0 Å². The molecule has 0 aliphatic rings. The number of rotatable bonds is 0. The summed E-state index contributed by atoms with van der Waals surface area (Å²) < 4.78 is 0. The van der Waals surface area contributed by atoms with E-state index in [4.69, 9.17) is 0 Å². The normalized spacial score (nSPS) is 7.12. The van der Waals surface area contributed by atoms with Crippen LogP contribution in [0.15, 0.2) is 24.2 Å². The van der Waals surface area contributed by atoms with E-state index in [1.54, 1.807) is 0 Å². The Kier molecular flexibility index (Phi) is 3.95. The molecular formula is C6H8BLi. The van der Waals surface area contributed by atoms with Crippen LogP contribution in [0.1, 0.15) is 6.89 Å². The molecule has 0 radical (unpaired) electrons. The monoisotopic (exact) mass is 98.1 g/mol. The first-order valence-electron chi connectivity index (χ1n) is 2.41. The molecule has 1 aromatic rings. The molecule has 0 spiro atoms. The number of aryl methyl sites for hydroxylation is 1. The fraction of sp³-hybridized carbons (Fsp3) is 0.167. The maximum Gasteiger partial charge on any atom is 1.00 e. The Labute approximate surface area is 64.2 Å². The summed E-state index contributed by atoms with van der Waals surface area (Å²) in [5, 5.41) is 0. The first kappa shape index (κ1) is 8.01. The van der Waals surface area contributed by atoms with Crippen molar-refractivity contribution in [2.45, 2.75) is 6.92 Å². The van der Waals surface area contributed by atoms with Crippen molar-refractivity contribution in [1.29, 1.82) is 0 Å². The predicted molar refractivity (Wildman–Crippen MR) is 33.6 cm³/mol. The molecule has 0 aromatic carbocycles. The van der Waals surface area contributed by atoms with Crippen LogP contribution in [0.25, 0.3) is 0 Å². The third kappa shape index (κ3) is 2.35. The van der Waals surface area contributed by atoms with E-state index in [0.29, 0.717) is 0 Å². The summed E-state index contributed by atoms with van der Waals surface area (Å²) in [6.45, 7) is 4.17. The largest absolute Gasteiger partial charge is 1.00 e. The molecule has 36 valence electrons. The van der Waals surface area contributed by atoms with E-state index in [2.05, 4.69) is 19.9 Å². The molecule has 1 aromatic heterocycles. The quantitative estimate of drug-likeness (QED) is 0.344. The molecule has 0 bridgehead atoms. The number of hydrogen-bond acceptors (Lipinski definition) is 0. The fourth-order valence-electron chi connectivity index (χ4n) is 0.534. The van der Waals surface area contributed by atoms with Gasteiger partial charge < -0.3 is 1.43 Å². The van der Waals surface area contributed by atoms with E-state index in [9.17, 15) is 0 Å². The third-order valence-electron chi connectivity index (χ3n) is 0.940. The van der Waals surface area contributed by atoms with Crippen LogP contribution >= 0.6 is 0 Å². The Bertz CT molecular complexity index is 143. The molecule has 0 nitrogen and oxygen atoms in total. The maximum atomic E-state index is 2.08. The summed E-state index contributed by atoms with van der Waals surface area (Å²) in [4.78, 5) is 0. The van der Waals surface area contributed by atoms with Crippen LogP contribution in [0.5, 0.6) is 0 Å². The van der Waals surface area contributed by atoms with Crippen LogP contribution < -0.4 is 18.9 Å². The minimum Gasteiger partial charge on any atom is -1.00 e. The molecule has 8 heavy (non-hydrogen) atoms. The summed E-state index contributed by atoms with van der Waals surface area (Å²) in [5.41, 5.74) is 1.32. The first-order chi connectivity index (χ1) is 3.39. The van der Waals surface area contributed by atoms with Gasteiger partial charge in [0.1, 0.15) is 0 Å². The minimum atomic E-state index is 0. The molecule has 0 fully saturated rings. The Hall–Kier alpha value is 0.0123. The van der Waals surface area contributed by atoms with Gasteiger partial charge in [0.25, 0.3) is 0 Å². The van der Waals surface area contributed by atoms with Crippen molar-refractivity contribution in [3.63, 3.8) is 0 Å². The molecule has 0 aliphatic heterocycles. The molecule has 0 amide bonds. The standard InChI is InChI=1S/C6H7B.Li.H/c1-6-4-2-3-5-7-6;;/h2-5H,1H3;;/q;+1;-1. The van der Waals surface area contributed by atoms with E-state index < -0.39 is 0 Å². The van der Waals surface area contributed by atoms with Gasteiger partial charge in [-0.25, -0.2) is 0 Å². The van der Waals surface area contributed by atoms with Crippen LogP contribution in [0.4, 0.5) is 0 Å². The van der Waals surface area contributed by atoms with Crippen molar-refractivity contribution < 1.29 is 20.3 Å². The smallest absolute Gasteiger partial charge is 1.00 e. The van der Waals surface area contributed by atoms with E-state index in [0.717, 1.165) is 0 Å². The zero-order valence-electron chi connectivity index (χ0n) is 6.39. The van der Waals surface area contributed by atoms with Crippen molar-refractivity contribution in [2.24, 2.45) is 0 Å². The average molecular weight is 97.9 g/mol. The molecule has 1 rings (SSSR count). The molecule has 0 saturated carbocycles. The first-order valence-corrected chi connectivity index (χ1v) is 2.41. The molecule has 0 saturated heterocycles. The van der Waals surface area contributed by atoms with Gasteiger partial charge in [-0.15, -0.1) is 0 Å². The fourth-order valence-corrected chi connectivity index (χ4v) is 0.534. The Morgan fingerprint density at radius 1 is 1.50 bits per heavy atom. The Morgan fingerprint density at radius 2 is 2.25 bits per heavy atom. The van der Waals surface area contributed by atoms with Crippen LogP contribution in [-0.4, -0.2) is 6.91 Å². The van der Waals surface area contributed by atoms with Crippen molar-refractivity contribution in [1.82, 2.24) is 0 Å². The van der Waals surface area contributed by atoms with E-state index in [-0.39, 0.29) is 20.3 Å². The molecular weight excluding hydrogens is 89.8 g/mol. The van der Waals surface area contributed by atoms with E-state index in [1.807, 2.05) is 18.1 Å². The second-order valence-electron chi connectivity index (χ2n) is 1.65. The summed E-state index contributed by atoms with van der Waals surface area (Å²) in [5.74, 6) is 2.04. The molecule has 0 N–H and O–H groups in total. The average Bonchev–Trinajstić information content (AvgIpc) is 1.69. The Balaban J connectivity index is 0. The van der Waals surface area contributed by atoms with Gasteiger partial charge in [0.05, 0.1) is 0 Å². The summed E-state index contributed by atoms with van der Waals surface area (Å²) in [7, 11) is 0. The number of hydrogen-bond donors (Lipinski definition) is 0. The SMILES string of the molecule is Cc1bcccc1.[H-].[Li+]. The summed E-state index contributed by atoms with van der Waals surface area (Å²) in [6, 6.07) is 6.14.